The highest BCUT2D eigenvalue weighted by Gasteiger charge is 1.90. The predicted octanol–water partition coefficient (Wildman–Crippen LogP) is -0.446. The molecule has 5 heteroatoms. The molecule has 0 saturated carbocycles. The lowest BCUT2D eigenvalue weighted by Crippen LogP contribution is -2.37. The van der Waals surface area contributed by atoms with Crippen molar-refractivity contribution in [2.45, 2.75) is 0 Å². The van der Waals surface area contributed by atoms with E-state index >= 15 is 0 Å². The Hall–Kier alpha value is -0.290. The van der Waals surface area contributed by atoms with E-state index in [1.54, 1.807) is 0 Å². The first kappa shape index (κ1) is 7.71. The van der Waals surface area contributed by atoms with Gasteiger partial charge in [0.05, 0.1) is 12.1 Å². The Morgan fingerprint density at radius 2 is 2.25 bits per heavy atom. The number of carbonyl (C=O) groups excluding carboxylic acids is 1. The quantitative estimate of drug-likeness (QED) is 0.307. The number of halogens is 1. The molecule has 0 bridgehead atoms. The molecule has 0 rings (SSSR count). The van der Waals surface area contributed by atoms with Gasteiger partial charge in [0.15, 0.2) is 0 Å². The number of urea groups is 1. The fourth-order valence-electron chi connectivity index (χ4n) is 0.216. The van der Waals surface area contributed by atoms with Crippen molar-refractivity contribution in [3.05, 3.63) is 0 Å². The molecule has 0 aromatic heterocycles. The summed E-state index contributed by atoms with van der Waals surface area (Å²) in [7, 11) is 0. The van der Waals surface area contributed by atoms with Gasteiger partial charge in [0.2, 0.25) is 0 Å². The zero-order chi connectivity index (χ0) is 6.41. The first-order valence-corrected chi connectivity index (χ1v) is 3.21. The highest BCUT2D eigenvalue weighted by molar-refractivity contribution is 9.09. The van der Waals surface area contributed by atoms with Crippen LogP contribution >= 0.6 is 15.9 Å². The molecule has 4 nitrogen and oxygen atoms in total. The van der Waals surface area contributed by atoms with Gasteiger partial charge in [0.25, 0.3) is 0 Å². The third kappa shape index (κ3) is 3.89. The molecule has 8 heavy (non-hydrogen) atoms. The van der Waals surface area contributed by atoms with Crippen molar-refractivity contribution in [2.75, 3.05) is 12.1 Å². The third-order valence-electron chi connectivity index (χ3n) is 0.490. The number of hydrogen-bond acceptors (Lipinski definition) is 2. The van der Waals surface area contributed by atoms with Crippen LogP contribution in [0.15, 0.2) is 0 Å². The Labute approximate surface area is 55.9 Å². The topological polar surface area (TPSA) is 67.1 Å². The first-order valence-electron chi connectivity index (χ1n) is 2.09. The number of rotatable bonds is 2. The Kier molecular flexibility index (Phi) is 4.68. The molecule has 0 aliphatic carbocycles. The van der Waals surface area contributed by atoms with Crippen LogP contribution in [-0.4, -0.2) is 18.2 Å². The molecule has 0 fully saturated rings. The SMILES string of the molecule is NCNC(=O)NCBr. The highest BCUT2D eigenvalue weighted by atomic mass is 79.9. The smallest absolute Gasteiger partial charge is 0.316 e. The molecule has 0 spiro atoms. The fourth-order valence-corrected chi connectivity index (χ4v) is 0.471. The Balaban J connectivity index is 3.06. The maximum Gasteiger partial charge on any atom is 0.316 e. The van der Waals surface area contributed by atoms with Crippen molar-refractivity contribution >= 4 is 22.0 Å². The van der Waals surface area contributed by atoms with Crippen molar-refractivity contribution in [3.63, 3.8) is 0 Å². The van der Waals surface area contributed by atoms with Crippen LogP contribution in [0.3, 0.4) is 0 Å². The molecular formula is C3H8BrN3O. The summed E-state index contributed by atoms with van der Waals surface area (Å²) in [6.45, 7) is 0.166. The van der Waals surface area contributed by atoms with E-state index in [0.717, 1.165) is 0 Å². The molecule has 4 N–H and O–H groups in total. The highest BCUT2D eigenvalue weighted by Crippen LogP contribution is 1.70. The van der Waals surface area contributed by atoms with Crippen molar-refractivity contribution in [2.24, 2.45) is 5.73 Å². The number of alkyl halides is 1. The average molecular weight is 182 g/mol. The zero-order valence-electron chi connectivity index (χ0n) is 4.28. The third-order valence-corrected chi connectivity index (χ3v) is 0.770. The summed E-state index contributed by atoms with van der Waals surface area (Å²) in [5, 5.41) is 4.78. The van der Waals surface area contributed by atoms with Gasteiger partial charge in [-0.3, -0.25) is 0 Å². The summed E-state index contributed by atoms with van der Waals surface area (Å²) in [5.74, 6) is 0. The number of nitrogens with one attached hydrogen (secondary N) is 2. The first-order chi connectivity index (χ1) is 3.81. The Bertz CT molecular complexity index is 68.9. The summed E-state index contributed by atoms with van der Waals surface area (Å²) >= 11 is 3.01. The maximum atomic E-state index is 10.3. The van der Waals surface area contributed by atoms with Crippen LogP contribution in [0.5, 0.6) is 0 Å². The normalized spacial score (nSPS) is 8.25. The van der Waals surface area contributed by atoms with Crippen LogP contribution in [-0.2, 0) is 0 Å². The zero-order valence-corrected chi connectivity index (χ0v) is 5.86. The largest absolute Gasteiger partial charge is 0.328 e. The van der Waals surface area contributed by atoms with Crippen molar-refractivity contribution in [3.8, 4) is 0 Å². The average Bonchev–Trinajstić information content (AvgIpc) is 1.68. The minimum atomic E-state index is -0.260. The van der Waals surface area contributed by atoms with Crippen LogP contribution in [0.25, 0.3) is 0 Å². The predicted molar refractivity (Wildman–Crippen MR) is 34.5 cm³/mol. The molecule has 0 radical (unpaired) electrons. The standard InChI is InChI=1S/C3H8BrN3O/c4-1-6-3(8)7-2-5/h1-2,5H2,(H2,6,7,8). The van der Waals surface area contributed by atoms with E-state index in [1.807, 2.05) is 0 Å². The summed E-state index contributed by atoms with van der Waals surface area (Å²) in [6.07, 6.45) is 0. The molecular weight excluding hydrogens is 174 g/mol. The van der Waals surface area contributed by atoms with Gasteiger partial charge in [-0.25, -0.2) is 4.79 Å². The molecule has 0 atom stereocenters. The van der Waals surface area contributed by atoms with E-state index in [1.165, 1.54) is 0 Å². The van der Waals surface area contributed by atoms with Crippen LogP contribution in [0.1, 0.15) is 0 Å². The van der Waals surface area contributed by atoms with Gasteiger partial charge < -0.3 is 16.4 Å². The van der Waals surface area contributed by atoms with Gasteiger partial charge in [-0.1, -0.05) is 15.9 Å². The van der Waals surface area contributed by atoms with Gasteiger partial charge >= 0.3 is 6.03 Å². The number of carbonyl (C=O) groups is 1. The summed E-state index contributed by atoms with van der Waals surface area (Å²) < 4.78 is 0. The van der Waals surface area contributed by atoms with Crippen LogP contribution < -0.4 is 16.4 Å². The summed E-state index contributed by atoms with van der Waals surface area (Å²) in [5.41, 5.74) is 5.42. The minimum Gasteiger partial charge on any atom is -0.328 e. The lowest BCUT2D eigenvalue weighted by Gasteiger charge is -1.99. The fraction of sp³-hybridized carbons (Fsp3) is 0.667. The number of amides is 2. The van der Waals surface area contributed by atoms with E-state index in [2.05, 4.69) is 26.6 Å². The van der Waals surface area contributed by atoms with Crippen LogP contribution in [0, 0.1) is 0 Å². The monoisotopic (exact) mass is 181 g/mol. The van der Waals surface area contributed by atoms with E-state index < -0.39 is 0 Å². The number of nitrogens with two attached hydrogens (primary N) is 1. The van der Waals surface area contributed by atoms with E-state index in [4.69, 9.17) is 5.73 Å². The van der Waals surface area contributed by atoms with E-state index in [-0.39, 0.29) is 12.7 Å². The van der Waals surface area contributed by atoms with Crippen LogP contribution in [0.2, 0.25) is 0 Å². The van der Waals surface area contributed by atoms with Crippen LogP contribution in [0.4, 0.5) is 4.79 Å². The maximum absolute atomic E-state index is 10.3. The second-order valence-corrected chi connectivity index (χ2v) is 1.58. The molecule has 0 aromatic rings. The Morgan fingerprint density at radius 1 is 1.62 bits per heavy atom. The van der Waals surface area contributed by atoms with E-state index in [0.29, 0.717) is 5.45 Å². The van der Waals surface area contributed by atoms with Crippen molar-refractivity contribution < 1.29 is 4.79 Å². The van der Waals surface area contributed by atoms with E-state index in [9.17, 15) is 4.79 Å². The summed E-state index contributed by atoms with van der Waals surface area (Å²) in [6, 6.07) is -0.260. The molecule has 0 saturated heterocycles. The van der Waals surface area contributed by atoms with Gasteiger partial charge in [0.1, 0.15) is 0 Å². The summed E-state index contributed by atoms with van der Waals surface area (Å²) in [4.78, 5) is 10.3. The molecule has 0 heterocycles. The molecule has 0 aromatic carbocycles. The lowest BCUT2D eigenvalue weighted by molar-refractivity contribution is 0.243. The second-order valence-electron chi connectivity index (χ2n) is 1.02. The molecule has 48 valence electrons. The van der Waals surface area contributed by atoms with Gasteiger partial charge in [-0.05, 0) is 0 Å². The van der Waals surface area contributed by atoms with Gasteiger partial charge in [-0.2, -0.15) is 0 Å². The molecule has 0 aliphatic rings. The molecule has 0 aliphatic heterocycles. The van der Waals surface area contributed by atoms with Crippen molar-refractivity contribution in [1.29, 1.82) is 0 Å². The minimum absolute atomic E-state index is 0.166. The second kappa shape index (κ2) is 4.86. The molecule has 0 unspecified atom stereocenters. The van der Waals surface area contributed by atoms with Crippen molar-refractivity contribution in [1.82, 2.24) is 10.6 Å². The van der Waals surface area contributed by atoms with Gasteiger partial charge in [0, 0.05) is 0 Å². The van der Waals surface area contributed by atoms with Gasteiger partial charge in [-0.15, -0.1) is 0 Å². The molecule has 2 amide bonds. The lowest BCUT2D eigenvalue weighted by atomic mass is 10.9. The number of hydrogen-bond donors (Lipinski definition) is 3. The Morgan fingerprint density at radius 3 is 2.62 bits per heavy atom.